The SMILES string of the molecule is CCNC(CN(CC)c1ccc(F)cc1)C(C)(C)C. The van der Waals surface area contributed by atoms with Crippen molar-refractivity contribution in [1.82, 2.24) is 5.32 Å². The first kappa shape index (κ1) is 16.0. The van der Waals surface area contributed by atoms with Crippen molar-refractivity contribution in [2.45, 2.75) is 40.7 Å². The van der Waals surface area contributed by atoms with Crippen molar-refractivity contribution in [3.63, 3.8) is 0 Å². The Morgan fingerprint density at radius 2 is 1.74 bits per heavy atom. The smallest absolute Gasteiger partial charge is 0.123 e. The van der Waals surface area contributed by atoms with E-state index in [-0.39, 0.29) is 11.2 Å². The quantitative estimate of drug-likeness (QED) is 0.845. The van der Waals surface area contributed by atoms with Crippen LogP contribution in [0.4, 0.5) is 10.1 Å². The minimum Gasteiger partial charge on any atom is -0.370 e. The fourth-order valence-corrected chi connectivity index (χ4v) is 2.18. The lowest BCUT2D eigenvalue weighted by atomic mass is 9.86. The molecule has 19 heavy (non-hydrogen) atoms. The number of nitrogens with one attached hydrogen (secondary N) is 1. The molecule has 108 valence electrons. The first-order valence-corrected chi connectivity index (χ1v) is 7.12. The normalized spacial score (nSPS) is 13.4. The van der Waals surface area contributed by atoms with Crippen molar-refractivity contribution in [2.24, 2.45) is 5.41 Å². The zero-order chi connectivity index (χ0) is 14.5. The maximum Gasteiger partial charge on any atom is 0.123 e. The van der Waals surface area contributed by atoms with Crippen LogP contribution in [-0.4, -0.2) is 25.7 Å². The molecule has 1 unspecified atom stereocenters. The molecule has 0 fully saturated rings. The van der Waals surface area contributed by atoms with Gasteiger partial charge in [0.2, 0.25) is 0 Å². The van der Waals surface area contributed by atoms with Crippen LogP contribution >= 0.6 is 0 Å². The van der Waals surface area contributed by atoms with Gasteiger partial charge in [-0.2, -0.15) is 0 Å². The van der Waals surface area contributed by atoms with Gasteiger partial charge in [-0.15, -0.1) is 0 Å². The van der Waals surface area contributed by atoms with Gasteiger partial charge in [0, 0.05) is 24.8 Å². The van der Waals surface area contributed by atoms with E-state index in [1.165, 1.54) is 12.1 Å². The Labute approximate surface area is 117 Å². The molecule has 1 atom stereocenters. The van der Waals surface area contributed by atoms with E-state index in [1.54, 1.807) is 0 Å². The number of nitrogens with zero attached hydrogens (tertiary/aromatic N) is 1. The number of hydrogen-bond acceptors (Lipinski definition) is 2. The van der Waals surface area contributed by atoms with Crippen molar-refractivity contribution < 1.29 is 4.39 Å². The van der Waals surface area contributed by atoms with Crippen molar-refractivity contribution in [2.75, 3.05) is 24.5 Å². The largest absolute Gasteiger partial charge is 0.370 e. The molecule has 0 amide bonds. The molecule has 1 aromatic carbocycles. The second kappa shape index (κ2) is 6.90. The van der Waals surface area contributed by atoms with Gasteiger partial charge in [-0.1, -0.05) is 27.7 Å². The monoisotopic (exact) mass is 266 g/mol. The summed E-state index contributed by atoms with van der Waals surface area (Å²) in [5.74, 6) is -0.182. The molecular formula is C16H27FN2. The molecule has 0 spiro atoms. The summed E-state index contributed by atoms with van der Waals surface area (Å²) in [5, 5.41) is 3.55. The molecule has 0 aromatic heterocycles. The highest BCUT2D eigenvalue weighted by molar-refractivity contribution is 5.46. The predicted molar refractivity (Wildman–Crippen MR) is 81.2 cm³/mol. The van der Waals surface area contributed by atoms with Crippen molar-refractivity contribution >= 4 is 5.69 Å². The summed E-state index contributed by atoms with van der Waals surface area (Å²) >= 11 is 0. The minimum atomic E-state index is -0.182. The summed E-state index contributed by atoms with van der Waals surface area (Å²) in [6, 6.07) is 7.16. The third kappa shape index (κ3) is 4.83. The molecule has 0 saturated carbocycles. The van der Waals surface area contributed by atoms with Gasteiger partial charge in [-0.3, -0.25) is 0 Å². The van der Waals surface area contributed by atoms with Gasteiger partial charge in [-0.05, 0) is 43.1 Å². The van der Waals surface area contributed by atoms with Gasteiger partial charge in [0.15, 0.2) is 0 Å². The molecule has 0 aliphatic carbocycles. The molecule has 0 aliphatic rings. The average molecular weight is 266 g/mol. The van der Waals surface area contributed by atoms with Gasteiger partial charge in [0.1, 0.15) is 5.82 Å². The molecule has 0 radical (unpaired) electrons. The Morgan fingerprint density at radius 1 is 1.16 bits per heavy atom. The third-order valence-electron chi connectivity index (χ3n) is 3.47. The summed E-state index contributed by atoms with van der Waals surface area (Å²) in [4.78, 5) is 2.29. The van der Waals surface area contributed by atoms with Crippen LogP contribution in [0.25, 0.3) is 0 Å². The van der Waals surface area contributed by atoms with Crippen molar-refractivity contribution in [3.05, 3.63) is 30.1 Å². The van der Waals surface area contributed by atoms with Crippen LogP contribution in [0, 0.1) is 11.2 Å². The van der Waals surface area contributed by atoms with Gasteiger partial charge < -0.3 is 10.2 Å². The molecule has 0 heterocycles. The number of benzene rings is 1. The molecular weight excluding hydrogens is 239 g/mol. The fourth-order valence-electron chi connectivity index (χ4n) is 2.18. The maximum atomic E-state index is 13.0. The minimum absolute atomic E-state index is 0.182. The average Bonchev–Trinajstić information content (AvgIpc) is 2.34. The molecule has 1 N–H and O–H groups in total. The molecule has 1 aromatic rings. The zero-order valence-electron chi connectivity index (χ0n) is 12.8. The van der Waals surface area contributed by atoms with Crippen LogP contribution in [0.2, 0.25) is 0 Å². The van der Waals surface area contributed by atoms with Crippen LogP contribution in [0.3, 0.4) is 0 Å². The summed E-state index contributed by atoms with van der Waals surface area (Å²) in [7, 11) is 0. The van der Waals surface area contributed by atoms with E-state index in [1.807, 2.05) is 12.1 Å². The Hall–Kier alpha value is -1.09. The topological polar surface area (TPSA) is 15.3 Å². The zero-order valence-corrected chi connectivity index (χ0v) is 12.8. The summed E-state index contributed by atoms with van der Waals surface area (Å²) in [6.45, 7) is 13.8. The maximum absolute atomic E-state index is 13.0. The van der Waals surface area contributed by atoms with E-state index in [4.69, 9.17) is 0 Å². The Morgan fingerprint density at radius 3 is 2.16 bits per heavy atom. The first-order chi connectivity index (χ1) is 8.88. The van der Waals surface area contributed by atoms with Crippen LogP contribution in [0.15, 0.2) is 24.3 Å². The lowest BCUT2D eigenvalue weighted by molar-refractivity contribution is 0.274. The Balaban J connectivity index is 2.82. The summed E-state index contributed by atoms with van der Waals surface area (Å²) in [6.07, 6.45) is 0. The van der Waals surface area contributed by atoms with E-state index in [2.05, 4.69) is 44.8 Å². The van der Waals surface area contributed by atoms with Crippen LogP contribution in [-0.2, 0) is 0 Å². The van der Waals surface area contributed by atoms with Gasteiger partial charge in [-0.25, -0.2) is 4.39 Å². The van der Waals surface area contributed by atoms with E-state index in [0.29, 0.717) is 6.04 Å². The highest BCUT2D eigenvalue weighted by Gasteiger charge is 2.25. The van der Waals surface area contributed by atoms with Gasteiger partial charge in [0.05, 0.1) is 0 Å². The standard InChI is InChI=1S/C16H27FN2/c1-6-18-15(16(3,4)5)12-19(7-2)14-10-8-13(17)9-11-14/h8-11,15,18H,6-7,12H2,1-5H3. The lowest BCUT2D eigenvalue weighted by Crippen LogP contribution is -2.48. The number of rotatable bonds is 6. The van der Waals surface area contributed by atoms with E-state index >= 15 is 0 Å². The third-order valence-corrected chi connectivity index (χ3v) is 3.47. The molecule has 2 nitrogen and oxygen atoms in total. The van der Waals surface area contributed by atoms with E-state index in [9.17, 15) is 4.39 Å². The second-order valence-electron chi connectivity index (χ2n) is 5.99. The number of hydrogen-bond donors (Lipinski definition) is 1. The molecule has 0 aliphatic heterocycles. The van der Waals surface area contributed by atoms with Crippen LogP contribution in [0.5, 0.6) is 0 Å². The van der Waals surface area contributed by atoms with Crippen molar-refractivity contribution in [3.8, 4) is 0 Å². The van der Waals surface area contributed by atoms with Gasteiger partial charge in [0.25, 0.3) is 0 Å². The second-order valence-corrected chi connectivity index (χ2v) is 5.99. The Kier molecular flexibility index (Phi) is 5.80. The molecule has 0 saturated heterocycles. The highest BCUT2D eigenvalue weighted by atomic mass is 19.1. The lowest BCUT2D eigenvalue weighted by Gasteiger charge is -2.36. The van der Waals surface area contributed by atoms with E-state index < -0.39 is 0 Å². The summed E-state index contributed by atoms with van der Waals surface area (Å²) in [5.41, 5.74) is 1.28. The fraction of sp³-hybridized carbons (Fsp3) is 0.625. The predicted octanol–water partition coefficient (Wildman–Crippen LogP) is 3.68. The molecule has 0 bridgehead atoms. The van der Waals surface area contributed by atoms with E-state index in [0.717, 1.165) is 25.3 Å². The number of halogens is 1. The number of likely N-dealkylation sites (N-methyl/N-ethyl adjacent to an activating group) is 2. The van der Waals surface area contributed by atoms with Crippen LogP contribution < -0.4 is 10.2 Å². The molecule has 1 rings (SSSR count). The van der Waals surface area contributed by atoms with Gasteiger partial charge >= 0.3 is 0 Å². The molecule has 3 heteroatoms. The highest BCUT2D eigenvalue weighted by Crippen LogP contribution is 2.23. The van der Waals surface area contributed by atoms with Crippen LogP contribution in [0.1, 0.15) is 34.6 Å². The summed E-state index contributed by atoms with van der Waals surface area (Å²) < 4.78 is 13.0. The van der Waals surface area contributed by atoms with Crippen molar-refractivity contribution in [1.29, 1.82) is 0 Å². The Bertz CT molecular complexity index is 367. The first-order valence-electron chi connectivity index (χ1n) is 7.12. The number of anilines is 1.